The minimum atomic E-state index is -0.836. The van der Waals surface area contributed by atoms with Crippen LogP contribution < -0.4 is 4.90 Å². The molecule has 0 radical (unpaired) electrons. The number of halogens is 1. The van der Waals surface area contributed by atoms with Gasteiger partial charge in [0, 0.05) is 29.3 Å². The highest BCUT2D eigenvalue weighted by Crippen LogP contribution is 2.32. The van der Waals surface area contributed by atoms with Crippen LogP contribution in [0.3, 0.4) is 0 Å². The van der Waals surface area contributed by atoms with E-state index >= 15 is 0 Å². The van der Waals surface area contributed by atoms with E-state index in [4.69, 9.17) is 16.7 Å². The molecule has 2 N–H and O–H groups in total. The Morgan fingerprint density at radius 3 is 2.42 bits per heavy atom. The number of aliphatic hydroxyl groups is 1. The maximum Gasteiger partial charge on any atom is 0.303 e. The number of thiazole rings is 1. The quantitative estimate of drug-likeness (QED) is 0.368. The molecule has 0 aliphatic heterocycles. The van der Waals surface area contributed by atoms with Crippen LogP contribution in [0.1, 0.15) is 44.1 Å². The van der Waals surface area contributed by atoms with E-state index in [1.807, 2.05) is 53.9 Å². The van der Waals surface area contributed by atoms with Crippen LogP contribution in [-0.2, 0) is 9.59 Å². The molecule has 3 aromatic rings. The summed E-state index contributed by atoms with van der Waals surface area (Å²) in [5.74, 6) is -1.02. The monoisotopic (exact) mass is 486 g/mol. The van der Waals surface area contributed by atoms with Crippen molar-refractivity contribution in [3.05, 3.63) is 70.6 Å². The van der Waals surface area contributed by atoms with Crippen molar-refractivity contribution in [2.75, 3.05) is 11.4 Å². The number of hydrogen-bond acceptors (Lipinski definition) is 5. The summed E-state index contributed by atoms with van der Waals surface area (Å²) in [5, 5.41) is 22.7. The molecule has 0 bridgehead atoms. The van der Waals surface area contributed by atoms with Gasteiger partial charge in [-0.2, -0.15) is 0 Å². The molecule has 1 heterocycles. The fourth-order valence-electron chi connectivity index (χ4n) is 3.72. The van der Waals surface area contributed by atoms with Gasteiger partial charge in [0.25, 0.3) is 0 Å². The molecule has 2 aromatic carbocycles. The number of aliphatic carboxylic acids is 1. The lowest BCUT2D eigenvalue weighted by Gasteiger charge is -2.23. The third-order valence-corrected chi connectivity index (χ3v) is 6.67. The highest BCUT2D eigenvalue weighted by atomic mass is 35.5. The van der Waals surface area contributed by atoms with Crippen molar-refractivity contribution in [3.8, 4) is 11.3 Å². The van der Waals surface area contributed by atoms with Gasteiger partial charge in [-0.3, -0.25) is 14.5 Å². The minimum absolute atomic E-state index is 0.0226. The van der Waals surface area contributed by atoms with Crippen LogP contribution >= 0.6 is 22.9 Å². The second-order valence-corrected chi connectivity index (χ2v) is 9.14. The molecule has 6 nitrogen and oxygen atoms in total. The third kappa shape index (κ3) is 7.12. The number of hydrogen-bond donors (Lipinski definition) is 2. The molecule has 0 unspecified atom stereocenters. The summed E-state index contributed by atoms with van der Waals surface area (Å²) in [5.41, 5.74) is 2.52. The fraction of sp³-hybridized carbons (Fsp3) is 0.320. The van der Waals surface area contributed by atoms with Crippen LogP contribution in [-0.4, -0.2) is 39.7 Å². The Morgan fingerprint density at radius 1 is 1.06 bits per heavy atom. The molecule has 2 atom stereocenters. The van der Waals surface area contributed by atoms with Gasteiger partial charge in [-0.05, 0) is 36.8 Å². The lowest BCUT2D eigenvalue weighted by molar-refractivity contribution is -0.137. The van der Waals surface area contributed by atoms with Gasteiger partial charge in [0.15, 0.2) is 5.13 Å². The summed E-state index contributed by atoms with van der Waals surface area (Å²) in [7, 11) is 0. The Balaban J connectivity index is 1.66. The average Bonchev–Trinajstić information content (AvgIpc) is 3.27. The van der Waals surface area contributed by atoms with Gasteiger partial charge in [0.2, 0.25) is 5.91 Å². The van der Waals surface area contributed by atoms with Gasteiger partial charge in [-0.15, -0.1) is 11.3 Å². The normalized spacial score (nSPS) is 12.8. The van der Waals surface area contributed by atoms with Gasteiger partial charge < -0.3 is 10.2 Å². The van der Waals surface area contributed by atoms with Gasteiger partial charge in [-0.25, -0.2) is 4.98 Å². The first kappa shape index (κ1) is 24.9. The lowest BCUT2D eigenvalue weighted by atomic mass is 9.89. The largest absolute Gasteiger partial charge is 0.481 e. The Bertz CT molecular complexity index is 1070. The number of benzene rings is 2. The number of rotatable bonds is 11. The van der Waals surface area contributed by atoms with Crippen LogP contribution in [0.5, 0.6) is 0 Å². The standard InChI is InChI=1S/C25H27ClN2O4S/c1-17(29)28(25-27-23(16-33-25)21-9-5-6-10-22(21)26)15-20(30)13-11-19(12-14-24(31)32)18-7-3-2-4-8-18/h2-10,16,19-20,30H,11-15H2,1H3,(H,31,32)/t19-,20-/m0/s1. The molecule has 0 aliphatic rings. The molecule has 33 heavy (non-hydrogen) atoms. The number of aliphatic hydroxyl groups excluding tert-OH is 1. The molecule has 8 heteroatoms. The summed E-state index contributed by atoms with van der Waals surface area (Å²) in [4.78, 5) is 29.4. The maximum atomic E-state index is 12.3. The topological polar surface area (TPSA) is 90.7 Å². The number of amides is 1. The van der Waals surface area contributed by atoms with E-state index in [-0.39, 0.29) is 24.8 Å². The van der Waals surface area contributed by atoms with Crippen LogP contribution in [0.15, 0.2) is 60.0 Å². The molecule has 0 spiro atoms. The summed E-state index contributed by atoms with van der Waals surface area (Å²) < 4.78 is 0. The van der Waals surface area contributed by atoms with Crippen LogP contribution in [0, 0.1) is 0 Å². The number of carboxylic acids is 1. The minimum Gasteiger partial charge on any atom is -0.481 e. The highest BCUT2D eigenvalue weighted by molar-refractivity contribution is 7.14. The molecule has 1 amide bonds. The zero-order valence-corrected chi connectivity index (χ0v) is 19.9. The Kier molecular flexibility index (Phi) is 9.00. The smallest absolute Gasteiger partial charge is 0.303 e. The second-order valence-electron chi connectivity index (χ2n) is 7.90. The van der Waals surface area contributed by atoms with Crippen molar-refractivity contribution in [1.82, 2.24) is 4.98 Å². The molecular formula is C25H27ClN2O4S. The first-order valence-corrected chi connectivity index (χ1v) is 12.0. The van der Waals surface area contributed by atoms with E-state index in [1.54, 1.807) is 6.07 Å². The second kappa shape index (κ2) is 11.9. The molecule has 0 aliphatic carbocycles. The summed E-state index contributed by atoms with van der Waals surface area (Å²) in [6.07, 6.45) is 0.853. The van der Waals surface area contributed by atoms with Crippen molar-refractivity contribution < 1.29 is 19.8 Å². The summed E-state index contributed by atoms with van der Waals surface area (Å²) in [6.45, 7) is 1.56. The van der Waals surface area contributed by atoms with Gasteiger partial charge in [0.1, 0.15) is 0 Å². The maximum absolute atomic E-state index is 12.3. The van der Waals surface area contributed by atoms with Crippen molar-refractivity contribution >= 4 is 39.9 Å². The van der Waals surface area contributed by atoms with Gasteiger partial charge >= 0.3 is 5.97 Å². The first-order chi connectivity index (χ1) is 15.8. The molecule has 3 rings (SSSR count). The fourth-order valence-corrected chi connectivity index (χ4v) is 4.83. The lowest BCUT2D eigenvalue weighted by Crippen LogP contribution is -2.36. The molecule has 0 saturated heterocycles. The Labute approximate surface area is 202 Å². The molecule has 174 valence electrons. The van der Waals surface area contributed by atoms with Crippen LogP contribution in [0.25, 0.3) is 11.3 Å². The van der Waals surface area contributed by atoms with E-state index in [0.717, 1.165) is 11.1 Å². The van der Waals surface area contributed by atoms with E-state index in [2.05, 4.69) is 4.98 Å². The summed E-state index contributed by atoms with van der Waals surface area (Å²) in [6, 6.07) is 17.1. The highest BCUT2D eigenvalue weighted by Gasteiger charge is 2.22. The van der Waals surface area contributed by atoms with Gasteiger partial charge in [-0.1, -0.05) is 60.1 Å². The third-order valence-electron chi connectivity index (χ3n) is 5.47. The predicted octanol–water partition coefficient (Wildman–Crippen LogP) is 5.61. The van der Waals surface area contributed by atoms with Crippen molar-refractivity contribution in [2.24, 2.45) is 0 Å². The molecule has 0 fully saturated rings. The van der Waals surface area contributed by atoms with Crippen LogP contribution in [0.4, 0.5) is 5.13 Å². The van der Waals surface area contributed by atoms with E-state index in [9.17, 15) is 14.7 Å². The number of aromatic nitrogens is 1. The van der Waals surface area contributed by atoms with E-state index in [0.29, 0.717) is 35.1 Å². The number of carbonyl (C=O) groups excluding carboxylic acids is 1. The summed E-state index contributed by atoms with van der Waals surface area (Å²) >= 11 is 7.59. The Morgan fingerprint density at radius 2 is 1.76 bits per heavy atom. The zero-order valence-electron chi connectivity index (χ0n) is 18.4. The number of carboxylic acid groups (broad SMARTS) is 1. The predicted molar refractivity (Wildman–Crippen MR) is 132 cm³/mol. The van der Waals surface area contributed by atoms with E-state index < -0.39 is 12.1 Å². The first-order valence-electron chi connectivity index (χ1n) is 10.8. The van der Waals surface area contributed by atoms with E-state index in [1.165, 1.54) is 23.2 Å². The number of anilines is 1. The van der Waals surface area contributed by atoms with Crippen molar-refractivity contribution in [3.63, 3.8) is 0 Å². The molecular weight excluding hydrogens is 460 g/mol. The average molecular weight is 487 g/mol. The van der Waals surface area contributed by atoms with Gasteiger partial charge in [0.05, 0.1) is 18.3 Å². The Hall–Kier alpha value is -2.74. The number of carbonyl (C=O) groups is 2. The SMILES string of the molecule is CC(=O)N(C[C@@H](O)CC[C@@H](CCC(=O)O)c1ccccc1)c1nc(-c2ccccc2Cl)cs1. The van der Waals surface area contributed by atoms with Crippen LogP contribution in [0.2, 0.25) is 5.02 Å². The van der Waals surface area contributed by atoms with Crippen molar-refractivity contribution in [1.29, 1.82) is 0 Å². The number of nitrogens with zero attached hydrogens (tertiary/aromatic N) is 2. The molecule has 0 saturated carbocycles. The van der Waals surface area contributed by atoms with Crippen molar-refractivity contribution in [2.45, 2.75) is 44.6 Å². The zero-order chi connectivity index (χ0) is 23.8. The molecule has 1 aromatic heterocycles.